The third-order valence-electron chi connectivity index (χ3n) is 2.85. The van der Waals surface area contributed by atoms with Crippen LogP contribution >= 0.6 is 0 Å². The van der Waals surface area contributed by atoms with Gasteiger partial charge in [0.15, 0.2) is 12.1 Å². The highest BCUT2D eigenvalue weighted by Crippen LogP contribution is 2.08. The second-order valence-electron chi connectivity index (χ2n) is 4.12. The molecule has 94 valence electrons. The highest BCUT2D eigenvalue weighted by molar-refractivity contribution is 5.69. The second kappa shape index (κ2) is 4.89. The van der Waals surface area contributed by atoms with E-state index in [4.69, 9.17) is 0 Å². The number of imidazole rings is 1. The average Bonchev–Trinajstić information content (AvgIpc) is 3.09. The normalized spacial score (nSPS) is 10.5. The van der Waals surface area contributed by atoms with Crippen LogP contribution < -0.4 is 0 Å². The van der Waals surface area contributed by atoms with E-state index in [-0.39, 0.29) is 0 Å². The summed E-state index contributed by atoms with van der Waals surface area (Å²) in [4.78, 5) is 14.8. The molecule has 1 aromatic carbocycles. The van der Waals surface area contributed by atoms with Crippen molar-refractivity contribution in [2.24, 2.45) is 0 Å². The van der Waals surface area contributed by atoms with Gasteiger partial charge in [-0.1, -0.05) is 18.2 Å². The molecule has 3 aromatic rings. The van der Waals surface area contributed by atoms with Gasteiger partial charge in [0.25, 0.3) is 0 Å². The Kier molecular flexibility index (Phi) is 2.94. The van der Waals surface area contributed by atoms with Crippen molar-refractivity contribution in [3.8, 4) is 5.69 Å². The molecule has 2 heterocycles. The summed E-state index contributed by atoms with van der Waals surface area (Å²) in [6.07, 6.45) is 6.03. The number of hydrogen-bond acceptors (Lipinski definition) is 3. The largest absolute Gasteiger partial charge is 0.323 e. The molecule has 0 unspecified atom stereocenters. The molecule has 0 saturated carbocycles. The summed E-state index contributed by atoms with van der Waals surface area (Å²) >= 11 is 0. The van der Waals surface area contributed by atoms with E-state index in [9.17, 15) is 4.79 Å². The minimum absolute atomic E-state index is 0.411. The number of para-hydroxylation sites is 1. The third kappa shape index (κ3) is 2.30. The Morgan fingerprint density at radius 3 is 2.74 bits per heavy atom. The molecule has 2 aromatic heterocycles. The van der Waals surface area contributed by atoms with Crippen molar-refractivity contribution >= 4 is 6.29 Å². The minimum atomic E-state index is 0.411. The van der Waals surface area contributed by atoms with Gasteiger partial charge in [-0.25, -0.2) is 9.67 Å². The molecule has 0 fully saturated rings. The van der Waals surface area contributed by atoms with Gasteiger partial charge in [-0.05, 0) is 18.2 Å². The molecule has 0 amide bonds. The van der Waals surface area contributed by atoms with E-state index in [0.717, 1.165) is 17.7 Å². The summed E-state index contributed by atoms with van der Waals surface area (Å²) < 4.78 is 3.58. The molecule has 0 bridgehead atoms. The van der Waals surface area contributed by atoms with Gasteiger partial charge in [-0.3, -0.25) is 4.79 Å². The Bertz CT molecular complexity index is 684. The van der Waals surface area contributed by atoms with E-state index in [1.807, 2.05) is 47.3 Å². The van der Waals surface area contributed by atoms with Crippen LogP contribution in [0.5, 0.6) is 0 Å². The van der Waals surface area contributed by atoms with Crippen molar-refractivity contribution in [1.82, 2.24) is 19.3 Å². The number of aromatic nitrogens is 4. The SMILES string of the molecule is O=Cc1nccn1Cc1ccn(-c2ccccc2)n1. The molecule has 0 atom stereocenters. The molecule has 5 heteroatoms. The van der Waals surface area contributed by atoms with E-state index < -0.39 is 0 Å². The van der Waals surface area contributed by atoms with Crippen molar-refractivity contribution in [2.45, 2.75) is 6.54 Å². The Hall–Kier alpha value is -2.69. The van der Waals surface area contributed by atoms with Gasteiger partial charge >= 0.3 is 0 Å². The molecule has 19 heavy (non-hydrogen) atoms. The molecule has 0 radical (unpaired) electrons. The fourth-order valence-corrected chi connectivity index (χ4v) is 1.92. The number of nitrogens with zero attached hydrogens (tertiary/aromatic N) is 4. The standard InChI is InChI=1S/C14H12N4O/c19-11-14-15-7-9-17(14)10-12-6-8-18(16-12)13-4-2-1-3-5-13/h1-9,11H,10H2. The van der Waals surface area contributed by atoms with Crippen molar-refractivity contribution in [3.05, 3.63) is 66.5 Å². The van der Waals surface area contributed by atoms with Gasteiger partial charge in [0.2, 0.25) is 0 Å². The summed E-state index contributed by atoms with van der Waals surface area (Å²) in [5, 5.41) is 4.48. The van der Waals surface area contributed by atoms with Crippen LogP contribution in [0.1, 0.15) is 16.3 Å². The maximum absolute atomic E-state index is 10.8. The van der Waals surface area contributed by atoms with Crippen LogP contribution in [0.2, 0.25) is 0 Å². The predicted octanol–water partition coefficient (Wildman–Crippen LogP) is 1.93. The van der Waals surface area contributed by atoms with E-state index in [0.29, 0.717) is 12.4 Å². The van der Waals surface area contributed by atoms with Crippen LogP contribution in [-0.2, 0) is 6.54 Å². The van der Waals surface area contributed by atoms with E-state index in [1.165, 1.54) is 0 Å². The Morgan fingerprint density at radius 2 is 1.95 bits per heavy atom. The first-order valence-electron chi connectivity index (χ1n) is 5.93. The number of hydrogen-bond donors (Lipinski definition) is 0. The summed E-state index contributed by atoms with van der Waals surface area (Å²) in [7, 11) is 0. The van der Waals surface area contributed by atoms with Crippen molar-refractivity contribution < 1.29 is 4.79 Å². The summed E-state index contributed by atoms with van der Waals surface area (Å²) in [5.74, 6) is 0.411. The average molecular weight is 252 g/mol. The monoisotopic (exact) mass is 252 g/mol. The predicted molar refractivity (Wildman–Crippen MR) is 70.3 cm³/mol. The first-order valence-corrected chi connectivity index (χ1v) is 5.93. The fraction of sp³-hybridized carbons (Fsp3) is 0.0714. The van der Waals surface area contributed by atoms with Gasteiger partial charge in [0.1, 0.15) is 0 Å². The van der Waals surface area contributed by atoms with E-state index >= 15 is 0 Å². The molecule has 0 aliphatic rings. The lowest BCUT2D eigenvalue weighted by atomic mass is 10.3. The maximum Gasteiger partial charge on any atom is 0.185 e. The topological polar surface area (TPSA) is 52.7 Å². The summed E-state index contributed by atoms with van der Waals surface area (Å²) in [5.41, 5.74) is 1.89. The maximum atomic E-state index is 10.8. The lowest BCUT2D eigenvalue weighted by Gasteiger charge is -2.02. The van der Waals surface area contributed by atoms with Crippen molar-refractivity contribution in [2.75, 3.05) is 0 Å². The summed E-state index contributed by atoms with van der Waals surface area (Å²) in [6.45, 7) is 0.536. The Morgan fingerprint density at radius 1 is 1.11 bits per heavy atom. The number of carbonyl (C=O) groups is 1. The quantitative estimate of drug-likeness (QED) is 0.667. The lowest BCUT2D eigenvalue weighted by Crippen LogP contribution is -2.04. The molecule has 0 aliphatic heterocycles. The van der Waals surface area contributed by atoms with Crippen LogP contribution in [0.4, 0.5) is 0 Å². The highest BCUT2D eigenvalue weighted by atomic mass is 16.1. The summed E-state index contributed by atoms with van der Waals surface area (Å²) in [6, 6.07) is 11.8. The number of carbonyl (C=O) groups excluding carboxylic acids is 1. The molecule has 0 aliphatic carbocycles. The molecule has 5 nitrogen and oxygen atoms in total. The molecular formula is C14H12N4O. The van der Waals surface area contributed by atoms with Crippen LogP contribution in [-0.4, -0.2) is 25.6 Å². The fourth-order valence-electron chi connectivity index (χ4n) is 1.92. The van der Waals surface area contributed by atoms with E-state index in [1.54, 1.807) is 17.0 Å². The molecular weight excluding hydrogens is 240 g/mol. The number of aldehydes is 1. The van der Waals surface area contributed by atoms with Crippen molar-refractivity contribution in [1.29, 1.82) is 0 Å². The minimum Gasteiger partial charge on any atom is -0.323 e. The molecule has 0 N–H and O–H groups in total. The number of rotatable bonds is 4. The highest BCUT2D eigenvalue weighted by Gasteiger charge is 2.05. The molecule has 0 spiro atoms. The zero-order valence-corrected chi connectivity index (χ0v) is 10.2. The first-order chi connectivity index (χ1) is 9.36. The van der Waals surface area contributed by atoms with Crippen LogP contribution in [0.3, 0.4) is 0 Å². The van der Waals surface area contributed by atoms with Crippen LogP contribution in [0, 0.1) is 0 Å². The van der Waals surface area contributed by atoms with Gasteiger partial charge in [0, 0.05) is 18.6 Å². The second-order valence-corrected chi connectivity index (χ2v) is 4.12. The zero-order chi connectivity index (χ0) is 13.1. The molecule has 3 rings (SSSR count). The smallest absolute Gasteiger partial charge is 0.185 e. The van der Waals surface area contributed by atoms with Crippen LogP contribution in [0.25, 0.3) is 5.69 Å². The lowest BCUT2D eigenvalue weighted by molar-refractivity contribution is 0.111. The van der Waals surface area contributed by atoms with Gasteiger partial charge in [0.05, 0.1) is 17.9 Å². The van der Waals surface area contributed by atoms with E-state index in [2.05, 4.69) is 10.1 Å². The first kappa shape index (κ1) is 11.4. The van der Waals surface area contributed by atoms with Gasteiger partial charge in [-0.15, -0.1) is 0 Å². The third-order valence-corrected chi connectivity index (χ3v) is 2.85. The van der Waals surface area contributed by atoms with Gasteiger partial charge in [-0.2, -0.15) is 5.10 Å². The Balaban J connectivity index is 1.84. The molecule has 0 saturated heterocycles. The van der Waals surface area contributed by atoms with Crippen LogP contribution in [0.15, 0.2) is 55.0 Å². The Labute approximate surface area is 110 Å². The zero-order valence-electron chi connectivity index (χ0n) is 10.2. The van der Waals surface area contributed by atoms with Gasteiger partial charge < -0.3 is 4.57 Å². The van der Waals surface area contributed by atoms with Crippen molar-refractivity contribution in [3.63, 3.8) is 0 Å². The number of benzene rings is 1.